The van der Waals surface area contributed by atoms with Crippen molar-refractivity contribution < 1.29 is 4.74 Å². The molecular weight excluding hydrogens is 224 g/mol. The molecule has 3 unspecified atom stereocenters. The number of rotatable bonds is 4. The van der Waals surface area contributed by atoms with Gasteiger partial charge in [0.1, 0.15) is 5.75 Å². The minimum Gasteiger partial charge on any atom is -0.497 e. The second-order valence-corrected chi connectivity index (χ2v) is 5.53. The molecule has 1 saturated heterocycles. The molecule has 3 heteroatoms. The summed E-state index contributed by atoms with van der Waals surface area (Å²) in [5, 5.41) is 0. The highest BCUT2D eigenvalue weighted by molar-refractivity contribution is 5.30. The van der Waals surface area contributed by atoms with Gasteiger partial charge in [0.05, 0.1) is 7.11 Å². The summed E-state index contributed by atoms with van der Waals surface area (Å²) in [4.78, 5) is 2.49. The van der Waals surface area contributed by atoms with Gasteiger partial charge in [-0.05, 0) is 37.0 Å². The number of benzene rings is 1. The standard InChI is InChI=1S/C15H24N2O/c1-11-7-12(2)17(9-11)10-15(16)13-5-4-6-14(8-13)18-3/h4-6,8,11-12,15H,7,9-10,16H2,1-3H3. The molecular formula is C15H24N2O. The highest BCUT2D eigenvalue weighted by Gasteiger charge is 2.27. The van der Waals surface area contributed by atoms with Crippen molar-refractivity contribution in [1.29, 1.82) is 0 Å². The summed E-state index contributed by atoms with van der Waals surface area (Å²) in [5.74, 6) is 1.67. The van der Waals surface area contributed by atoms with Gasteiger partial charge in [-0.2, -0.15) is 0 Å². The lowest BCUT2D eigenvalue weighted by molar-refractivity contribution is 0.249. The maximum atomic E-state index is 6.31. The summed E-state index contributed by atoms with van der Waals surface area (Å²) in [5.41, 5.74) is 7.46. The SMILES string of the molecule is COc1cccc(C(N)CN2CC(C)CC2C)c1. The molecule has 0 amide bonds. The molecule has 1 aromatic rings. The molecule has 3 nitrogen and oxygen atoms in total. The topological polar surface area (TPSA) is 38.5 Å². The molecule has 0 radical (unpaired) electrons. The fourth-order valence-corrected chi connectivity index (χ4v) is 2.87. The molecule has 1 aromatic carbocycles. The van der Waals surface area contributed by atoms with E-state index in [1.54, 1.807) is 7.11 Å². The van der Waals surface area contributed by atoms with Gasteiger partial charge in [0.15, 0.2) is 0 Å². The summed E-state index contributed by atoms with van der Waals surface area (Å²) >= 11 is 0. The van der Waals surface area contributed by atoms with Crippen molar-refractivity contribution in [2.24, 2.45) is 11.7 Å². The van der Waals surface area contributed by atoms with Crippen molar-refractivity contribution in [3.8, 4) is 5.75 Å². The zero-order valence-electron chi connectivity index (χ0n) is 11.6. The van der Waals surface area contributed by atoms with E-state index in [0.717, 1.165) is 23.8 Å². The van der Waals surface area contributed by atoms with E-state index in [1.807, 2.05) is 18.2 Å². The molecule has 0 aliphatic carbocycles. The fourth-order valence-electron chi connectivity index (χ4n) is 2.87. The summed E-state index contributed by atoms with van der Waals surface area (Å²) < 4.78 is 5.24. The predicted octanol–water partition coefficient (Wildman–Crippen LogP) is 2.43. The first kappa shape index (κ1) is 13.4. The molecule has 0 spiro atoms. The zero-order chi connectivity index (χ0) is 13.1. The van der Waals surface area contributed by atoms with Crippen molar-refractivity contribution in [2.75, 3.05) is 20.2 Å². The Hall–Kier alpha value is -1.06. The number of hydrogen-bond donors (Lipinski definition) is 1. The largest absolute Gasteiger partial charge is 0.497 e. The third-order valence-corrected chi connectivity index (χ3v) is 3.87. The Labute approximate surface area is 110 Å². The van der Waals surface area contributed by atoms with E-state index in [-0.39, 0.29) is 6.04 Å². The number of hydrogen-bond acceptors (Lipinski definition) is 3. The van der Waals surface area contributed by atoms with Gasteiger partial charge in [0.2, 0.25) is 0 Å². The molecule has 1 fully saturated rings. The molecule has 1 aliphatic rings. The average molecular weight is 248 g/mol. The van der Waals surface area contributed by atoms with Gasteiger partial charge >= 0.3 is 0 Å². The van der Waals surface area contributed by atoms with Crippen molar-refractivity contribution in [2.45, 2.75) is 32.4 Å². The van der Waals surface area contributed by atoms with Crippen molar-refractivity contribution >= 4 is 0 Å². The smallest absolute Gasteiger partial charge is 0.119 e. The van der Waals surface area contributed by atoms with E-state index in [4.69, 9.17) is 10.5 Å². The molecule has 2 rings (SSSR count). The first-order valence-corrected chi connectivity index (χ1v) is 6.73. The Morgan fingerprint density at radius 3 is 2.83 bits per heavy atom. The molecule has 100 valence electrons. The molecule has 0 bridgehead atoms. The summed E-state index contributed by atoms with van der Waals surface area (Å²) in [7, 11) is 1.69. The summed E-state index contributed by atoms with van der Waals surface area (Å²) in [6.07, 6.45) is 1.28. The lowest BCUT2D eigenvalue weighted by atomic mass is 10.1. The quantitative estimate of drug-likeness (QED) is 0.889. The number of ether oxygens (including phenoxy) is 1. The van der Waals surface area contributed by atoms with Gasteiger partial charge in [-0.3, -0.25) is 4.90 Å². The van der Waals surface area contributed by atoms with Crippen LogP contribution < -0.4 is 10.5 Å². The second kappa shape index (κ2) is 5.72. The Bertz CT molecular complexity index is 394. The minimum atomic E-state index is 0.0628. The molecule has 2 N–H and O–H groups in total. The van der Waals surface area contributed by atoms with Crippen LogP contribution in [0.3, 0.4) is 0 Å². The number of methoxy groups -OCH3 is 1. The van der Waals surface area contributed by atoms with Gasteiger partial charge in [-0.1, -0.05) is 19.1 Å². The Morgan fingerprint density at radius 2 is 2.22 bits per heavy atom. The average Bonchev–Trinajstić information content (AvgIpc) is 2.68. The molecule has 18 heavy (non-hydrogen) atoms. The molecule has 0 aromatic heterocycles. The van der Waals surface area contributed by atoms with Crippen LogP contribution in [0.25, 0.3) is 0 Å². The van der Waals surface area contributed by atoms with E-state index in [9.17, 15) is 0 Å². The van der Waals surface area contributed by atoms with E-state index in [1.165, 1.54) is 13.0 Å². The van der Waals surface area contributed by atoms with Crippen LogP contribution >= 0.6 is 0 Å². The Balaban J connectivity index is 2.00. The minimum absolute atomic E-state index is 0.0628. The number of likely N-dealkylation sites (tertiary alicyclic amines) is 1. The van der Waals surface area contributed by atoms with Crippen molar-refractivity contribution in [3.05, 3.63) is 29.8 Å². The maximum absolute atomic E-state index is 6.31. The van der Waals surface area contributed by atoms with Crippen molar-refractivity contribution in [3.63, 3.8) is 0 Å². The van der Waals surface area contributed by atoms with Crippen LogP contribution in [0, 0.1) is 5.92 Å². The van der Waals surface area contributed by atoms with Crippen LogP contribution in [0.15, 0.2) is 24.3 Å². The van der Waals surface area contributed by atoms with E-state index < -0.39 is 0 Å². The lowest BCUT2D eigenvalue weighted by Crippen LogP contribution is -2.34. The van der Waals surface area contributed by atoms with Crippen LogP contribution in [0.5, 0.6) is 5.75 Å². The van der Waals surface area contributed by atoms with Crippen molar-refractivity contribution in [1.82, 2.24) is 4.90 Å². The van der Waals surface area contributed by atoms with Crippen LogP contribution in [-0.2, 0) is 0 Å². The van der Waals surface area contributed by atoms with Crippen LogP contribution in [0.4, 0.5) is 0 Å². The first-order valence-electron chi connectivity index (χ1n) is 6.73. The van der Waals surface area contributed by atoms with Crippen LogP contribution in [-0.4, -0.2) is 31.1 Å². The van der Waals surface area contributed by atoms with Gasteiger partial charge in [0.25, 0.3) is 0 Å². The number of nitrogens with two attached hydrogens (primary N) is 1. The van der Waals surface area contributed by atoms with E-state index in [2.05, 4.69) is 24.8 Å². The first-order chi connectivity index (χ1) is 8.60. The maximum Gasteiger partial charge on any atom is 0.119 e. The Morgan fingerprint density at radius 1 is 1.44 bits per heavy atom. The molecule has 3 atom stereocenters. The second-order valence-electron chi connectivity index (χ2n) is 5.53. The third-order valence-electron chi connectivity index (χ3n) is 3.87. The fraction of sp³-hybridized carbons (Fsp3) is 0.600. The predicted molar refractivity (Wildman–Crippen MR) is 74.7 cm³/mol. The zero-order valence-corrected chi connectivity index (χ0v) is 11.6. The molecule has 0 saturated carbocycles. The van der Waals surface area contributed by atoms with E-state index >= 15 is 0 Å². The Kier molecular flexibility index (Phi) is 4.25. The highest BCUT2D eigenvalue weighted by Crippen LogP contribution is 2.25. The molecule has 1 aliphatic heterocycles. The van der Waals surface area contributed by atoms with Crippen LogP contribution in [0.2, 0.25) is 0 Å². The normalized spacial score (nSPS) is 26.2. The van der Waals surface area contributed by atoms with E-state index in [0.29, 0.717) is 6.04 Å². The molecule has 1 heterocycles. The van der Waals surface area contributed by atoms with Gasteiger partial charge in [-0.15, -0.1) is 0 Å². The third kappa shape index (κ3) is 3.03. The summed E-state index contributed by atoms with van der Waals surface area (Å²) in [6, 6.07) is 8.79. The van der Waals surface area contributed by atoms with Gasteiger partial charge in [0, 0.05) is 25.2 Å². The lowest BCUT2D eigenvalue weighted by Gasteiger charge is -2.25. The summed E-state index contributed by atoms with van der Waals surface area (Å²) in [6.45, 7) is 6.70. The van der Waals surface area contributed by atoms with Gasteiger partial charge < -0.3 is 10.5 Å². The van der Waals surface area contributed by atoms with Gasteiger partial charge in [-0.25, -0.2) is 0 Å². The number of nitrogens with zero attached hydrogens (tertiary/aromatic N) is 1. The van der Waals surface area contributed by atoms with Crippen LogP contribution in [0.1, 0.15) is 31.9 Å². The highest BCUT2D eigenvalue weighted by atomic mass is 16.5. The monoisotopic (exact) mass is 248 g/mol.